The molecule has 0 bridgehead atoms. The van der Waals surface area contributed by atoms with Gasteiger partial charge >= 0.3 is 5.92 Å². The van der Waals surface area contributed by atoms with Gasteiger partial charge in [0.25, 0.3) is 0 Å². The van der Waals surface area contributed by atoms with Crippen molar-refractivity contribution in [3.8, 4) is 0 Å². The van der Waals surface area contributed by atoms with Crippen LogP contribution in [0, 0.1) is 11.7 Å². The molecule has 1 fully saturated rings. The number of benzene rings is 1. The molecular formula is C15H19F3O2. The Balaban J connectivity index is 1.94. The normalized spacial score (nSPS) is 23.8. The number of ether oxygens (including phenoxy) is 2. The van der Waals surface area contributed by atoms with E-state index in [4.69, 9.17) is 9.47 Å². The summed E-state index contributed by atoms with van der Waals surface area (Å²) in [5.41, 5.74) is 0.234. The lowest BCUT2D eigenvalue weighted by molar-refractivity contribution is -0.290. The van der Waals surface area contributed by atoms with Crippen LogP contribution in [0.3, 0.4) is 0 Å². The van der Waals surface area contributed by atoms with E-state index in [-0.39, 0.29) is 24.7 Å². The lowest BCUT2D eigenvalue weighted by Crippen LogP contribution is -2.45. The number of alkyl halides is 2. The van der Waals surface area contributed by atoms with Crippen LogP contribution in [0.4, 0.5) is 13.2 Å². The van der Waals surface area contributed by atoms with Crippen molar-refractivity contribution in [2.75, 3.05) is 13.2 Å². The van der Waals surface area contributed by atoms with E-state index in [1.165, 1.54) is 18.2 Å². The predicted molar refractivity (Wildman–Crippen MR) is 69.1 cm³/mol. The molecule has 2 rings (SSSR count). The van der Waals surface area contributed by atoms with Gasteiger partial charge < -0.3 is 9.47 Å². The zero-order valence-electron chi connectivity index (χ0n) is 11.5. The Morgan fingerprint density at radius 2 is 1.95 bits per heavy atom. The van der Waals surface area contributed by atoms with Gasteiger partial charge in [-0.3, -0.25) is 0 Å². The predicted octanol–water partition coefficient (Wildman–Crippen LogP) is 3.79. The Kier molecular flexibility index (Phi) is 5.05. The van der Waals surface area contributed by atoms with Crippen LogP contribution in [0.2, 0.25) is 0 Å². The molecule has 112 valence electrons. The molecule has 20 heavy (non-hydrogen) atoms. The van der Waals surface area contributed by atoms with Crippen molar-refractivity contribution in [3.05, 3.63) is 35.6 Å². The van der Waals surface area contributed by atoms with Crippen LogP contribution >= 0.6 is 0 Å². The number of rotatable bonds is 5. The third-order valence-corrected chi connectivity index (χ3v) is 3.34. The van der Waals surface area contributed by atoms with Gasteiger partial charge in [0.2, 0.25) is 6.29 Å². The van der Waals surface area contributed by atoms with Gasteiger partial charge in [0, 0.05) is 12.3 Å². The summed E-state index contributed by atoms with van der Waals surface area (Å²) in [5.74, 6) is -3.50. The first-order valence-corrected chi connectivity index (χ1v) is 6.86. The van der Waals surface area contributed by atoms with Crippen LogP contribution in [0.5, 0.6) is 0 Å². The second kappa shape index (κ2) is 6.59. The SMILES string of the molecule is CCCC1COC(C(F)(F)Cc2cccc(F)c2)OC1. The molecule has 0 aliphatic carbocycles. The summed E-state index contributed by atoms with van der Waals surface area (Å²) < 4.78 is 51.4. The largest absolute Gasteiger partial charge is 0.347 e. The number of hydrogen-bond acceptors (Lipinski definition) is 2. The van der Waals surface area contributed by atoms with Crippen molar-refractivity contribution in [1.29, 1.82) is 0 Å². The summed E-state index contributed by atoms with van der Waals surface area (Å²) in [6, 6.07) is 5.22. The van der Waals surface area contributed by atoms with E-state index >= 15 is 0 Å². The van der Waals surface area contributed by atoms with E-state index in [2.05, 4.69) is 0 Å². The number of halogens is 3. The number of hydrogen-bond donors (Lipinski definition) is 0. The average molecular weight is 288 g/mol. The molecule has 0 saturated carbocycles. The fraction of sp³-hybridized carbons (Fsp3) is 0.600. The smallest absolute Gasteiger partial charge is 0.301 e. The first-order chi connectivity index (χ1) is 9.51. The zero-order chi connectivity index (χ0) is 14.6. The minimum Gasteiger partial charge on any atom is -0.347 e. The Morgan fingerprint density at radius 3 is 2.55 bits per heavy atom. The molecule has 1 heterocycles. The molecule has 1 aromatic rings. The maximum Gasteiger partial charge on any atom is 0.301 e. The van der Waals surface area contributed by atoms with Crippen molar-refractivity contribution in [2.24, 2.45) is 5.92 Å². The van der Waals surface area contributed by atoms with Gasteiger partial charge in [-0.2, -0.15) is 0 Å². The Hall–Kier alpha value is -1.07. The third-order valence-electron chi connectivity index (χ3n) is 3.34. The molecule has 0 N–H and O–H groups in total. The Morgan fingerprint density at radius 1 is 1.25 bits per heavy atom. The summed E-state index contributed by atoms with van der Waals surface area (Å²) >= 11 is 0. The lowest BCUT2D eigenvalue weighted by atomic mass is 10.0. The molecule has 0 unspecified atom stereocenters. The molecule has 1 aliphatic rings. The second-order valence-electron chi connectivity index (χ2n) is 5.22. The van der Waals surface area contributed by atoms with Crippen LogP contribution in [0.25, 0.3) is 0 Å². The van der Waals surface area contributed by atoms with Crippen molar-refractivity contribution < 1.29 is 22.6 Å². The van der Waals surface area contributed by atoms with E-state index in [1.807, 2.05) is 6.92 Å². The maximum absolute atomic E-state index is 14.1. The monoisotopic (exact) mass is 288 g/mol. The minimum absolute atomic E-state index is 0.182. The maximum atomic E-state index is 14.1. The summed E-state index contributed by atoms with van der Waals surface area (Å²) in [4.78, 5) is 0. The van der Waals surface area contributed by atoms with E-state index in [0.717, 1.165) is 18.9 Å². The highest BCUT2D eigenvalue weighted by molar-refractivity contribution is 5.18. The first kappa shape index (κ1) is 15.3. The highest BCUT2D eigenvalue weighted by Gasteiger charge is 2.44. The van der Waals surface area contributed by atoms with Gasteiger partial charge in [0.1, 0.15) is 5.82 Å². The summed E-state index contributed by atoms with van der Waals surface area (Å²) in [6.45, 7) is 2.61. The zero-order valence-corrected chi connectivity index (χ0v) is 11.5. The quantitative estimate of drug-likeness (QED) is 0.820. The van der Waals surface area contributed by atoms with E-state index in [0.29, 0.717) is 0 Å². The molecule has 1 aromatic carbocycles. The molecule has 0 amide bonds. The van der Waals surface area contributed by atoms with Gasteiger partial charge in [0.15, 0.2) is 0 Å². The van der Waals surface area contributed by atoms with Gasteiger partial charge in [0.05, 0.1) is 13.2 Å². The van der Waals surface area contributed by atoms with Gasteiger partial charge in [-0.25, -0.2) is 13.2 Å². The Bertz CT molecular complexity index is 429. The summed E-state index contributed by atoms with van der Waals surface area (Å²) in [5, 5.41) is 0. The van der Waals surface area contributed by atoms with Crippen LogP contribution in [-0.2, 0) is 15.9 Å². The molecule has 0 radical (unpaired) electrons. The van der Waals surface area contributed by atoms with Gasteiger partial charge in [-0.1, -0.05) is 25.5 Å². The van der Waals surface area contributed by atoms with Crippen LogP contribution < -0.4 is 0 Å². The molecule has 0 aromatic heterocycles. The Labute approximate surface area is 116 Å². The second-order valence-corrected chi connectivity index (χ2v) is 5.22. The standard InChI is InChI=1S/C15H19F3O2/c1-2-4-12-9-19-14(20-10-12)15(17,18)8-11-5-3-6-13(16)7-11/h3,5-7,12,14H,2,4,8-10H2,1H3. The van der Waals surface area contributed by atoms with E-state index in [9.17, 15) is 13.2 Å². The molecule has 2 nitrogen and oxygen atoms in total. The molecule has 0 spiro atoms. The first-order valence-electron chi connectivity index (χ1n) is 6.86. The third kappa shape index (κ3) is 3.96. The summed E-state index contributed by atoms with van der Waals surface area (Å²) in [7, 11) is 0. The fourth-order valence-corrected chi connectivity index (χ4v) is 2.36. The van der Waals surface area contributed by atoms with Crippen LogP contribution in [-0.4, -0.2) is 25.4 Å². The molecule has 1 aliphatic heterocycles. The molecular weight excluding hydrogens is 269 g/mol. The van der Waals surface area contributed by atoms with Gasteiger partial charge in [-0.05, 0) is 24.1 Å². The van der Waals surface area contributed by atoms with Crippen LogP contribution in [0.1, 0.15) is 25.3 Å². The van der Waals surface area contributed by atoms with Crippen molar-refractivity contribution >= 4 is 0 Å². The highest BCUT2D eigenvalue weighted by atomic mass is 19.3. The molecule has 1 saturated heterocycles. The topological polar surface area (TPSA) is 18.5 Å². The average Bonchev–Trinajstić information content (AvgIpc) is 2.39. The molecule has 0 atom stereocenters. The lowest BCUT2D eigenvalue weighted by Gasteiger charge is -2.33. The van der Waals surface area contributed by atoms with Crippen molar-refractivity contribution in [2.45, 2.75) is 38.4 Å². The molecule has 5 heteroatoms. The minimum atomic E-state index is -3.16. The van der Waals surface area contributed by atoms with Crippen LogP contribution in [0.15, 0.2) is 24.3 Å². The van der Waals surface area contributed by atoms with Crippen molar-refractivity contribution in [1.82, 2.24) is 0 Å². The fourth-order valence-electron chi connectivity index (χ4n) is 2.36. The van der Waals surface area contributed by atoms with Crippen molar-refractivity contribution in [3.63, 3.8) is 0 Å². The summed E-state index contributed by atoms with van der Waals surface area (Å²) in [6.07, 6.45) is -0.253. The van der Waals surface area contributed by atoms with E-state index < -0.39 is 24.5 Å². The van der Waals surface area contributed by atoms with E-state index in [1.54, 1.807) is 0 Å². The highest BCUT2D eigenvalue weighted by Crippen LogP contribution is 2.31. The van der Waals surface area contributed by atoms with Gasteiger partial charge in [-0.15, -0.1) is 0 Å².